The molecule has 0 radical (unpaired) electrons. The number of nitrogens with one attached hydrogen (secondary N) is 1. The molecule has 4 nitrogen and oxygen atoms in total. The monoisotopic (exact) mass is 372 g/mol. The fourth-order valence-corrected chi connectivity index (χ4v) is 2.55. The molecule has 26 heavy (non-hydrogen) atoms. The lowest BCUT2D eigenvalue weighted by molar-refractivity contribution is -0.127. The van der Waals surface area contributed by atoms with Gasteiger partial charge in [0.1, 0.15) is 5.75 Å². The molecular formula is C21H25ClN2O2. The zero-order chi connectivity index (χ0) is 19.3. The predicted molar refractivity (Wildman–Crippen MR) is 107 cm³/mol. The minimum atomic E-state index is -0.671. The van der Waals surface area contributed by atoms with Crippen molar-refractivity contribution in [3.63, 3.8) is 0 Å². The third kappa shape index (κ3) is 5.60. The Morgan fingerprint density at radius 2 is 1.85 bits per heavy atom. The van der Waals surface area contributed by atoms with Crippen LogP contribution in [0.25, 0.3) is 0 Å². The van der Waals surface area contributed by atoms with Crippen LogP contribution in [0.15, 0.2) is 47.6 Å². The minimum absolute atomic E-state index is 0.108. The van der Waals surface area contributed by atoms with Crippen molar-refractivity contribution in [2.45, 2.75) is 46.1 Å². The number of halogens is 1. The summed E-state index contributed by atoms with van der Waals surface area (Å²) in [5.41, 5.74) is 5.65. The lowest BCUT2D eigenvalue weighted by atomic mass is 9.87. The zero-order valence-corrected chi connectivity index (χ0v) is 16.6. The van der Waals surface area contributed by atoms with Gasteiger partial charge >= 0.3 is 0 Å². The van der Waals surface area contributed by atoms with E-state index < -0.39 is 6.10 Å². The van der Waals surface area contributed by atoms with Gasteiger partial charge in [-0.15, -0.1) is 0 Å². The highest BCUT2D eigenvalue weighted by molar-refractivity contribution is 6.30. The largest absolute Gasteiger partial charge is 0.481 e. The molecule has 0 spiro atoms. The van der Waals surface area contributed by atoms with Crippen LogP contribution >= 0.6 is 11.6 Å². The van der Waals surface area contributed by atoms with Crippen LogP contribution in [-0.2, 0) is 10.2 Å². The predicted octanol–water partition coefficient (Wildman–Crippen LogP) is 4.86. The number of nitrogens with zero attached hydrogens (tertiary/aromatic N) is 1. The average Bonchev–Trinajstić information content (AvgIpc) is 2.57. The van der Waals surface area contributed by atoms with Crippen LogP contribution in [-0.4, -0.2) is 18.2 Å². The first kappa shape index (κ1) is 20.0. The Hall–Kier alpha value is -2.33. The molecule has 1 atom stereocenters. The maximum absolute atomic E-state index is 12.1. The van der Waals surface area contributed by atoms with E-state index >= 15 is 0 Å². The van der Waals surface area contributed by atoms with Crippen molar-refractivity contribution >= 4 is 23.7 Å². The van der Waals surface area contributed by atoms with Crippen molar-refractivity contribution in [2.24, 2.45) is 5.10 Å². The molecule has 2 rings (SSSR count). The van der Waals surface area contributed by atoms with E-state index in [1.54, 1.807) is 31.3 Å². The van der Waals surface area contributed by atoms with Gasteiger partial charge in [0.25, 0.3) is 5.91 Å². The van der Waals surface area contributed by atoms with Gasteiger partial charge in [-0.05, 0) is 54.2 Å². The van der Waals surface area contributed by atoms with Crippen molar-refractivity contribution < 1.29 is 9.53 Å². The molecule has 1 N–H and O–H groups in total. The van der Waals surface area contributed by atoms with E-state index in [0.29, 0.717) is 10.8 Å². The Kier molecular flexibility index (Phi) is 6.43. The maximum atomic E-state index is 12.1. The molecule has 0 fully saturated rings. The Morgan fingerprint density at radius 1 is 1.19 bits per heavy atom. The fourth-order valence-electron chi connectivity index (χ4n) is 2.32. The van der Waals surface area contributed by atoms with E-state index in [0.717, 1.165) is 11.1 Å². The summed E-state index contributed by atoms with van der Waals surface area (Å²) in [7, 11) is 0. The molecule has 0 aromatic heterocycles. The molecule has 0 aliphatic carbocycles. The Labute approximate surface area is 160 Å². The first-order valence-corrected chi connectivity index (χ1v) is 8.91. The number of hydrazone groups is 1. The molecule has 0 bridgehead atoms. The van der Waals surface area contributed by atoms with Crippen LogP contribution in [0.5, 0.6) is 5.75 Å². The lowest BCUT2D eigenvalue weighted by Gasteiger charge is -2.18. The third-order valence-electron chi connectivity index (χ3n) is 3.98. The average molecular weight is 373 g/mol. The van der Waals surface area contributed by atoms with E-state index in [2.05, 4.69) is 43.4 Å². The molecular weight excluding hydrogens is 348 g/mol. The van der Waals surface area contributed by atoms with E-state index in [1.165, 1.54) is 5.56 Å². The molecule has 0 aliphatic rings. The molecule has 1 unspecified atom stereocenters. The number of hydrogen-bond acceptors (Lipinski definition) is 3. The first-order chi connectivity index (χ1) is 12.2. The number of benzene rings is 2. The quantitative estimate of drug-likeness (QED) is 0.601. The Morgan fingerprint density at radius 3 is 2.42 bits per heavy atom. The van der Waals surface area contributed by atoms with E-state index in [-0.39, 0.29) is 11.3 Å². The summed E-state index contributed by atoms with van der Waals surface area (Å²) in [5, 5.41) is 4.64. The number of rotatable bonds is 5. The van der Waals surface area contributed by atoms with E-state index in [1.807, 2.05) is 19.1 Å². The molecule has 5 heteroatoms. The normalized spacial score (nSPS) is 12.8. The van der Waals surface area contributed by atoms with Gasteiger partial charge in [0, 0.05) is 5.02 Å². The van der Waals surface area contributed by atoms with E-state index in [4.69, 9.17) is 16.3 Å². The smallest absolute Gasteiger partial charge is 0.280 e. The molecule has 0 heterocycles. The molecule has 0 aliphatic heterocycles. The minimum Gasteiger partial charge on any atom is -0.481 e. The maximum Gasteiger partial charge on any atom is 0.280 e. The summed E-state index contributed by atoms with van der Waals surface area (Å²) >= 11 is 5.92. The van der Waals surface area contributed by atoms with Crippen LogP contribution in [0.1, 0.15) is 44.4 Å². The summed E-state index contributed by atoms with van der Waals surface area (Å²) < 4.78 is 5.67. The van der Waals surface area contributed by atoms with Crippen molar-refractivity contribution in [2.75, 3.05) is 0 Å². The van der Waals surface area contributed by atoms with Crippen LogP contribution in [0.4, 0.5) is 0 Å². The van der Waals surface area contributed by atoms with Crippen molar-refractivity contribution in [3.05, 3.63) is 64.2 Å². The molecule has 0 saturated carbocycles. The number of carbonyl (C=O) groups is 1. The van der Waals surface area contributed by atoms with Crippen LogP contribution in [0.2, 0.25) is 5.02 Å². The molecule has 2 aromatic carbocycles. The van der Waals surface area contributed by atoms with Gasteiger partial charge < -0.3 is 4.74 Å². The van der Waals surface area contributed by atoms with Gasteiger partial charge in [0.15, 0.2) is 6.10 Å². The number of carbonyl (C=O) groups excluding carboxylic acids is 1. The standard InChI is InChI=1S/C21H25ClN2O2/c1-14-12-18(22)10-11-19(14)26-15(2)20(25)24-23-13-16-6-8-17(9-7-16)21(3,4)5/h6-13,15H,1-5H3,(H,24,25). The highest BCUT2D eigenvalue weighted by Gasteiger charge is 2.15. The SMILES string of the molecule is Cc1cc(Cl)ccc1OC(C)C(=O)NN=Cc1ccc(C(C)(C)C)cc1. The number of ether oxygens (including phenoxy) is 1. The van der Waals surface area contributed by atoms with Gasteiger partial charge in [-0.25, -0.2) is 5.43 Å². The second-order valence-electron chi connectivity index (χ2n) is 7.28. The van der Waals surface area contributed by atoms with Crippen LogP contribution in [0, 0.1) is 6.92 Å². The number of aryl methyl sites for hydroxylation is 1. The Balaban J connectivity index is 1.91. The second kappa shape index (κ2) is 8.37. The summed E-state index contributed by atoms with van der Waals surface area (Å²) in [5.74, 6) is 0.306. The third-order valence-corrected chi connectivity index (χ3v) is 4.21. The molecule has 2 aromatic rings. The van der Waals surface area contributed by atoms with Crippen molar-refractivity contribution in [1.29, 1.82) is 0 Å². The number of hydrogen-bond donors (Lipinski definition) is 1. The van der Waals surface area contributed by atoms with Gasteiger partial charge in [-0.3, -0.25) is 4.79 Å². The summed E-state index contributed by atoms with van der Waals surface area (Å²) in [6.07, 6.45) is 0.945. The number of amides is 1. The molecule has 0 saturated heterocycles. The lowest BCUT2D eigenvalue weighted by Crippen LogP contribution is -2.33. The summed E-state index contributed by atoms with van der Waals surface area (Å²) in [6, 6.07) is 13.4. The summed E-state index contributed by atoms with van der Waals surface area (Å²) in [6.45, 7) is 10.1. The van der Waals surface area contributed by atoms with Crippen molar-refractivity contribution in [3.8, 4) is 5.75 Å². The first-order valence-electron chi connectivity index (χ1n) is 8.53. The summed E-state index contributed by atoms with van der Waals surface area (Å²) in [4.78, 5) is 12.1. The second-order valence-corrected chi connectivity index (χ2v) is 7.71. The van der Waals surface area contributed by atoms with Gasteiger partial charge in [0.05, 0.1) is 6.21 Å². The fraction of sp³-hybridized carbons (Fsp3) is 0.333. The van der Waals surface area contributed by atoms with Gasteiger partial charge in [-0.2, -0.15) is 5.10 Å². The molecule has 138 valence electrons. The topological polar surface area (TPSA) is 50.7 Å². The van der Waals surface area contributed by atoms with Gasteiger partial charge in [-0.1, -0.05) is 56.6 Å². The van der Waals surface area contributed by atoms with Crippen LogP contribution < -0.4 is 10.2 Å². The highest BCUT2D eigenvalue weighted by Crippen LogP contribution is 2.23. The van der Waals surface area contributed by atoms with E-state index in [9.17, 15) is 4.79 Å². The molecule has 1 amide bonds. The van der Waals surface area contributed by atoms with Crippen LogP contribution in [0.3, 0.4) is 0 Å². The van der Waals surface area contributed by atoms with Gasteiger partial charge in [0.2, 0.25) is 0 Å². The Bertz CT molecular complexity index is 793. The zero-order valence-electron chi connectivity index (χ0n) is 15.8. The van der Waals surface area contributed by atoms with Crippen molar-refractivity contribution in [1.82, 2.24) is 5.43 Å². The highest BCUT2D eigenvalue weighted by atomic mass is 35.5.